The predicted octanol–water partition coefficient (Wildman–Crippen LogP) is 3.09. The fraction of sp³-hybridized carbons (Fsp3) is 0.190. The molecule has 0 aliphatic carbocycles. The molecule has 144 valence electrons. The Labute approximate surface area is 167 Å². The zero-order valence-electron chi connectivity index (χ0n) is 15.3. The van der Waals surface area contributed by atoms with Crippen LogP contribution in [0.1, 0.15) is 12.5 Å². The lowest BCUT2D eigenvalue weighted by atomic mass is 10.2. The maximum atomic E-state index is 12.1. The molecule has 0 aliphatic heterocycles. The summed E-state index contributed by atoms with van der Waals surface area (Å²) in [6.07, 6.45) is 1.63. The summed E-state index contributed by atoms with van der Waals surface area (Å²) in [5.41, 5.74) is 1.57. The molecular formula is C21H20ClN3O3. The van der Waals surface area contributed by atoms with Crippen LogP contribution in [-0.2, 0) is 16.1 Å². The molecule has 28 heavy (non-hydrogen) atoms. The summed E-state index contributed by atoms with van der Waals surface area (Å²) in [7, 11) is 0. The van der Waals surface area contributed by atoms with E-state index in [1.807, 2.05) is 36.4 Å². The Bertz CT molecular complexity index is 979. The van der Waals surface area contributed by atoms with Crippen LogP contribution in [0, 0.1) is 0 Å². The zero-order chi connectivity index (χ0) is 19.9. The van der Waals surface area contributed by atoms with E-state index >= 15 is 0 Å². The van der Waals surface area contributed by atoms with Gasteiger partial charge in [0, 0.05) is 18.1 Å². The third kappa shape index (κ3) is 4.98. The molecule has 0 bridgehead atoms. The highest BCUT2D eigenvalue weighted by atomic mass is 35.5. The number of halogens is 1. The van der Waals surface area contributed by atoms with E-state index in [0.29, 0.717) is 22.8 Å². The number of carbonyl (C=O) groups excluding carboxylic acids is 2. The van der Waals surface area contributed by atoms with Crippen molar-refractivity contribution >= 4 is 34.3 Å². The fourth-order valence-electron chi connectivity index (χ4n) is 2.66. The minimum absolute atomic E-state index is 0.233. The normalized spacial score (nSPS) is 11.6. The second-order valence-corrected chi connectivity index (χ2v) is 6.63. The number of amides is 2. The van der Waals surface area contributed by atoms with E-state index in [1.54, 1.807) is 31.3 Å². The van der Waals surface area contributed by atoms with Gasteiger partial charge in [0.15, 0.2) is 6.61 Å². The van der Waals surface area contributed by atoms with Crippen molar-refractivity contribution in [1.82, 2.24) is 15.6 Å². The summed E-state index contributed by atoms with van der Waals surface area (Å²) < 4.78 is 5.58. The number of ether oxygens (including phenoxy) is 1. The van der Waals surface area contributed by atoms with Crippen molar-refractivity contribution in [2.75, 3.05) is 6.61 Å². The average molecular weight is 398 g/mol. The summed E-state index contributed by atoms with van der Waals surface area (Å²) in [6, 6.07) is 15.8. The van der Waals surface area contributed by atoms with Gasteiger partial charge >= 0.3 is 0 Å². The minimum atomic E-state index is -0.681. The lowest BCUT2D eigenvalue weighted by molar-refractivity contribution is -0.129. The topological polar surface area (TPSA) is 80.3 Å². The first kappa shape index (κ1) is 19.6. The number of benzene rings is 2. The van der Waals surface area contributed by atoms with Gasteiger partial charge in [-0.2, -0.15) is 0 Å². The highest BCUT2D eigenvalue weighted by Gasteiger charge is 2.16. The van der Waals surface area contributed by atoms with Gasteiger partial charge in [-0.05, 0) is 36.8 Å². The highest BCUT2D eigenvalue weighted by molar-refractivity contribution is 6.35. The van der Waals surface area contributed by atoms with Crippen molar-refractivity contribution in [1.29, 1.82) is 0 Å². The Balaban J connectivity index is 1.51. The smallest absolute Gasteiger partial charge is 0.258 e. The summed E-state index contributed by atoms with van der Waals surface area (Å²) in [5, 5.41) is 6.72. The monoisotopic (exact) mass is 397 g/mol. The minimum Gasteiger partial charge on any atom is -0.481 e. The van der Waals surface area contributed by atoms with Gasteiger partial charge < -0.3 is 15.4 Å². The number of carbonyl (C=O) groups is 2. The van der Waals surface area contributed by atoms with Gasteiger partial charge in [-0.15, -0.1) is 0 Å². The number of aromatic nitrogens is 1. The standard InChI is InChI=1S/C21H20ClN3O3/c1-14(21(27)24-12-15-6-3-2-4-7-15)25-19(26)13-28-18-10-9-17(22)16-8-5-11-23-20(16)18/h2-11,14H,12-13H2,1H3,(H,24,27)(H,25,26). The molecule has 3 rings (SSSR count). The average Bonchev–Trinajstić information content (AvgIpc) is 2.72. The maximum absolute atomic E-state index is 12.1. The Morgan fingerprint density at radius 2 is 1.89 bits per heavy atom. The fourth-order valence-corrected chi connectivity index (χ4v) is 2.87. The molecule has 2 N–H and O–H groups in total. The first-order valence-corrected chi connectivity index (χ1v) is 9.19. The molecular weight excluding hydrogens is 378 g/mol. The van der Waals surface area contributed by atoms with Gasteiger partial charge in [-0.1, -0.05) is 41.9 Å². The van der Waals surface area contributed by atoms with Crippen LogP contribution in [-0.4, -0.2) is 29.4 Å². The summed E-state index contributed by atoms with van der Waals surface area (Å²) in [6.45, 7) is 1.79. The molecule has 0 saturated carbocycles. The number of hydrogen-bond acceptors (Lipinski definition) is 4. The molecule has 0 fully saturated rings. The first-order chi connectivity index (χ1) is 13.5. The molecule has 1 aromatic heterocycles. The molecule has 0 saturated heterocycles. The van der Waals surface area contributed by atoms with Gasteiger partial charge in [0.25, 0.3) is 5.91 Å². The second kappa shape index (κ2) is 9.19. The molecule has 7 heteroatoms. The van der Waals surface area contributed by atoms with E-state index in [2.05, 4.69) is 15.6 Å². The third-order valence-electron chi connectivity index (χ3n) is 4.12. The van der Waals surface area contributed by atoms with Gasteiger partial charge in [0.2, 0.25) is 5.91 Å². The lowest BCUT2D eigenvalue weighted by Crippen LogP contribution is -2.46. The van der Waals surface area contributed by atoms with Crippen LogP contribution < -0.4 is 15.4 Å². The van der Waals surface area contributed by atoms with Crippen molar-refractivity contribution in [2.45, 2.75) is 19.5 Å². The van der Waals surface area contributed by atoms with E-state index in [0.717, 1.165) is 10.9 Å². The lowest BCUT2D eigenvalue weighted by Gasteiger charge is -2.15. The van der Waals surface area contributed by atoms with E-state index in [1.165, 1.54) is 0 Å². The summed E-state index contributed by atoms with van der Waals surface area (Å²) >= 11 is 6.15. The number of fused-ring (bicyclic) bond motifs is 1. The van der Waals surface area contributed by atoms with E-state index in [4.69, 9.17) is 16.3 Å². The molecule has 0 spiro atoms. The van der Waals surface area contributed by atoms with Crippen LogP contribution >= 0.6 is 11.6 Å². The maximum Gasteiger partial charge on any atom is 0.258 e. The van der Waals surface area contributed by atoms with Crippen LogP contribution in [0.3, 0.4) is 0 Å². The van der Waals surface area contributed by atoms with E-state index < -0.39 is 11.9 Å². The zero-order valence-corrected chi connectivity index (χ0v) is 16.1. The van der Waals surface area contributed by atoms with Gasteiger partial charge in [-0.25, -0.2) is 0 Å². The quantitative estimate of drug-likeness (QED) is 0.642. The molecule has 1 heterocycles. The van der Waals surface area contributed by atoms with Crippen LogP contribution in [0.5, 0.6) is 5.75 Å². The van der Waals surface area contributed by atoms with E-state index in [-0.39, 0.29) is 12.5 Å². The second-order valence-electron chi connectivity index (χ2n) is 6.23. The Hall–Kier alpha value is -3.12. The van der Waals surface area contributed by atoms with Crippen molar-refractivity contribution in [3.63, 3.8) is 0 Å². The number of nitrogens with zero attached hydrogens (tertiary/aromatic N) is 1. The van der Waals surface area contributed by atoms with Gasteiger partial charge in [-0.3, -0.25) is 14.6 Å². The largest absolute Gasteiger partial charge is 0.481 e. The van der Waals surface area contributed by atoms with Crippen molar-refractivity contribution in [3.05, 3.63) is 71.4 Å². The van der Waals surface area contributed by atoms with Gasteiger partial charge in [0.05, 0.1) is 5.02 Å². The van der Waals surface area contributed by atoms with Crippen molar-refractivity contribution in [3.8, 4) is 5.75 Å². The number of hydrogen-bond donors (Lipinski definition) is 2. The predicted molar refractivity (Wildman–Crippen MR) is 108 cm³/mol. The third-order valence-corrected chi connectivity index (χ3v) is 4.45. The first-order valence-electron chi connectivity index (χ1n) is 8.81. The van der Waals surface area contributed by atoms with Crippen molar-refractivity contribution in [2.24, 2.45) is 0 Å². The SMILES string of the molecule is CC(NC(=O)COc1ccc(Cl)c2cccnc12)C(=O)NCc1ccccc1. The van der Waals surface area contributed by atoms with Crippen LogP contribution in [0.2, 0.25) is 5.02 Å². The number of nitrogens with one attached hydrogen (secondary N) is 2. The molecule has 0 radical (unpaired) electrons. The molecule has 1 unspecified atom stereocenters. The molecule has 6 nitrogen and oxygen atoms in total. The molecule has 0 aliphatic rings. The van der Waals surface area contributed by atoms with Gasteiger partial charge in [0.1, 0.15) is 17.3 Å². The van der Waals surface area contributed by atoms with Crippen molar-refractivity contribution < 1.29 is 14.3 Å². The van der Waals surface area contributed by atoms with Crippen LogP contribution in [0.25, 0.3) is 10.9 Å². The summed E-state index contributed by atoms with van der Waals surface area (Å²) in [4.78, 5) is 28.5. The van der Waals surface area contributed by atoms with E-state index in [9.17, 15) is 9.59 Å². The molecule has 1 atom stereocenters. The number of pyridine rings is 1. The highest BCUT2D eigenvalue weighted by Crippen LogP contribution is 2.29. The Morgan fingerprint density at radius 1 is 1.11 bits per heavy atom. The number of rotatable bonds is 7. The molecule has 3 aromatic rings. The summed E-state index contributed by atoms with van der Waals surface area (Å²) in [5.74, 6) is -0.214. The molecule has 2 amide bonds. The Kier molecular flexibility index (Phi) is 6.45. The molecule has 2 aromatic carbocycles. The Morgan fingerprint density at radius 3 is 2.68 bits per heavy atom. The van der Waals surface area contributed by atoms with Crippen LogP contribution in [0.15, 0.2) is 60.8 Å². The van der Waals surface area contributed by atoms with Crippen LogP contribution in [0.4, 0.5) is 0 Å².